The fraction of sp³-hybridized carbons (Fsp3) is 0.400. The Balaban J connectivity index is 3.16. The summed E-state index contributed by atoms with van der Waals surface area (Å²) >= 11 is 3.30. The van der Waals surface area contributed by atoms with E-state index in [2.05, 4.69) is 20.7 Å². The Labute approximate surface area is 99.1 Å². The molecule has 0 radical (unpaired) electrons. The first-order valence-electron chi connectivity index (χ1n) is 4.61. The number of rotatable bonds is 3. The predicted molar refractivity (Wildman–Crippen MR) is 64.3 cm³/mol. The highest BCUT2D eigenvalue weighted by Gasteiger charge is 2.17. The Bertz CT molecular complexity index is 454. The number of nitrogens with one attached hydrogen (secondary N) is 1. The fourth-order valence-corrected chi connectivity index (χ4v) is 3.24. The number of halogens is 1. The lowest BCUT2D eigenvalue weighted by Crippen LogP contribution is -2.30. The minimum atomic E-state index is -3.38. The quantitative estimate of drug-likeness (QED) is 0.930. The van der Waals surface area contributed by atoms with E-state index in [0.29, 0.717) is 4.90 Å². The van der Waals surface area contributed by atoms with Crippen molar-refractivity contribution in [3.8, 4) is 0 Å². The van der Waals surface area contributed by atoms with Gasteiger partial charge >= 0.3 is 0 Å². The zero-order valence-corrected chi connectivity index (χ0v) is 11.3. The molecule has 1 N–H and O–H groups in total. The van der Waals surface area contributed by atoms with Crippen molar-refractivity contribution in [2.75, 3.05) is 0 Å². The van der Waals surface area contributed by atoms with E-state index in [4.69, 9.17) is 0 Å². The van der Waals surface area contributed by atoms with Crippen LogP contribution in [-0.2, 0) is 10.0 Å². The van der Waals surface area contributed by atoms with Crippen molar-refractivity contribution in [1.82, 2.24) is 4.72 Å². The minimum absolute atomic E-state index is 0.0990. The Kier molecular flexibility index (Phi) is 3.92. The summed E-state index contributed by atoms with van der Waals surface area (Å²) < 4.78 is 27.1. The van der Waals surface area contributed by atoms with Gasteiger partial charge in [-0.25, -0.2) is 13.1 Å². The monoisotopic (exact) mass is 291 g/mol. The molecule has 3 nitrogen and oxygen atoms in total. The van der Waals surface area contributed by atoms with Crippen molar-refractivity contribution in [3.05, 3.63) is 28.2 Å². The molecule has 15 heavy (non-hydrogen) atoms. The number of hydrogen-bond acceptors (Lipinski definition) is 2. The van der Waals surface area contributed by atoms with Gasteiger partial charge in [0.05, 0.1) is 4.90 Å². The summed E-state index contributed by atoms with van der Waals surface area (Å²) in [5.74, 6) is 0. The molecule has 0 fully saturated rings. The van der Waals surface area contributed by atoms with E-state index in [1.165, 1.54) is 0 Å². The first-order valence-corrected chi connectivity index (χ1v) is 6.89. The van der Waals surface area contributed by atoms with Gasteiger partial charge in [0.1, 0.15) is 0 Å². The summed E-state index contributed by atoms with van der Waals surface area (Å²) in [5, 5.41) is 0. The molecule has 0 saturated heterocycles. The summed E-state index contributed by atoms with van der Waals surface area (Å²) in [6.45, 7) is 5.37. The van der Waals surface area contributed by atoms with E-state index in [1.54, 1.807) is 39.0 Å². The zero-order valence-electron chi connectivity index (χ0n) is 8.91. The number of hydrogen-bond donors (Lipinski definition) is 1. The van der Waals surface area contributed by atoms with Crippen LogP contribution in [0, 0.1) is 6.92 Å². The van der Waals surface area contributed by atoms with Crippen molar-refractivity contribution in [2.24, 2.45) is 0 Å². The first kappa shape index (κ1) is 12.7. The lowest BCUT2D eigenvalue weighted by Gasteiger charge is -2.11. The van der Waals surface area contributed by atoms with E-state index in [9.17, 15) is 8.42 Å². The molecule has 0 aliphatic rings. The summed E-state index contributed by atoms with van der Waals surface area (Å²) in [7, 11) is -3.38. The van der Waals surface area contributed by atoms with Crippen LogP contribution in [0.5, 0.6) is 0 Å². The van der Waals surface area contributed by atoms with E-state index in [1.807, 2.05) is 0 Å². The molecule has 0 saturated carbocycles. The molecule has 0 unspecified atom stereocenters. The van der Waals surface area contributed by atoms with Gasteiger partial charge in [-0.05, 0) is 44.5 Å². The van der Waals surface area contributed by atoms with Gasteiger partial charge in [-0.2, -0.15) is 0 Å². The molecule has 1 aromatic rings. The van der Waals surface area contributed by atoms with Crippen LogP contribution in [-0.4, -0.2) is 14.5 Å². The summed E-state index contributed by atoms with van der Waals surface area (Å²) in [6.07, 6.45) is 0. The average Bonchev–Trinajstić information content (AvgIpc) is 1.99. The summed E-state index contributed by atoms with van der Waals surface area (Å²) in [5.41, 5.74) is 0.734. The van der Waals surface area contributed by atoms with E-state index >= 15 is 0 Å². The number of sulfonamides is 1. The minimum Gasteiger partial charge on any atom is -0.209 e. The molecule has 0 bridgehead atoms. The van der Waals surface area contributed by atoms with Crippen molar-refractivity contribution in [1.29, 1.82) is 0 Å². The number of benzene rings is 1. The second kappa shape index (κ2) is 4.63. The topological polar surface area (TPSA) is 46.2 Å². The molecule has 84 valence electrons. The third-order valence-electron chi connectivity index (χ3n) is 1.82. The Morgan fingerprint density at radius 2 is 1.93 bits per heavy atom. The smallest absolute Gasteiger partial charge is 0.209 e. The predicted octanol–water partition coefficient (Wildman–Crippen LogP) is 2.44. The Morgan fingerprint density at radius 1 is 1.33 bits per heavy atom. The maximum Gasteiger partial charge on any atom is 0.241 e. The second-order valence-corrected chi connectivity index (χ2v) is 6.28. The fourth-order valence-electron chi connectivity index (χ4n) is 1.29. The molecule has 0 heterocycles. The zero-order chi connectivity index (χ0) is 11.6. The molecule has 0 atom stereocenters. The SMILES string of the molecule is Cc1cc(Br)ccc1S(=O)(=O)NC(C)C. The van der Waals surface area contributed by atoms with Crippen LogP contribution in [0.25, 0.3) is 0 Å². The van der Waals surface area contributed by atoms with Gasteiger partial charge in [0.15, 0.2) is 0 Å². The summed E-state index contributed by atoms with van der Waals surface area (Å²) in [6, 6.07) is 5.01. The average molecular weight is 292 g/mol. The molecule has 5 heteroatoms. The molecule has 0 aliphatic carbocycles. The maximum absolute atomic E-state index is 11.8. The summed E-state index contributed by atoms with van der Waals surface area (Å²) in [4.78, 5) is 0.333. The lowest BCUT2D eigenvalue weighted by atomic mass is 10.2. The van der Waals surface area contributed by atoms with Gasteiger partial charge in [0, 0.05) is 10.5 Å². The molecule has 0 amide bonds. The van der Waals surface area contributed by atoms with Gasteiger partial charge in [-0.3, -0.25) is 0 Å². The van der Waals surface area contributed by atoms with Gasteiger partial charge < -0.3 is 0 Å². The maximum atomic E-state index is 11.8. The van der Waals surface area contributed by atoms with Crippen LogP contribution in [0.15, 0.2) is 27.6 Å². The van der Waals surface area contributed by atoms with Crippen LogP contribution in [0.3, 0.4) is 0 Å². The van der Waals surface area contributed by atoms with Crippen LogP contribution < -0.4 is 4.72 Å². The molecule has 0 spiro atoms. The highest BCUT2D eigenvalue weighted by Crippen LogP contribution is 2.19. The van der Waals surface area contributed by atoms with Crippen molar-refractivity contribution >= 4 is 26.0 Å². The standard InChI is InChI=1S/C10H14BrNO2S/c1-7(2)12-15(13,14)10-5-4-9(11)6-8(10)3/h4-7,12H,1-3H3. The molecular weight excluding hydrogens is 278 g/mol. The van der Waals surface area contributed by atoms with Crippen LogP contribution >= 0.6 is 15.9 Å². The van der Waals surface area contributed by atoms with E-state index in [0.717, 1.165) is 10.0 Å². The lowest BCUT2D eigenvalue weighted by molar-refractivity contribution is 0.569. The molecular formula is C10H14BrNO2S. The normalized spacial score (nSPS) is 12.1. The highest BCUT2D eigenvalue weighted by atomic mass is 79.9. The van der Waals surface area contributed by atoms with Crippen LogP contribution in [0.4, 0.5) is 0 Å². The van der Waals surface area contributed by atoms with Gasteiger partial charge in [-0.15, -0.1) is 0 Å². The molecule has 0 aliphatic heterocycles. The van der Waals surface area contributed by atoms with Crippen molar-refractivity contribution < 1.29 is 8.42 Å². The van der Waals surface area contributed by atoms with Gasteiger partial charge in [0.2, 0.25) is 10.0 Å². The van der Waals surface area contributed by atoms with Gasteiger partial charge in [-0.1, -0.05) is 15.9 Å². The highest BCUT2D eigenvalue weighted by molar-refractivity contribution is 9.10. The third kappa shape index (κ3) is 3.29. The second-order valence-electron chi connectivity index (χ2n) is 3.69. The van der Waals surface area contributed by atoms with Crippen LogP contribution in [0.2, 0.25) is 0 Å². The molecule has 1 rings (SSSR count). The molecule has 1 aromatic carbocycles. The van der Waals surface area contributed by atoms with Crippen molar-refractivity contribution in [2.45, 2.75) is 31.7 Å². The van der Waals surface area contributed by atoms with E-state index < -0.39 is 10.0 Å². The largest absolute Gasteiger partial charge is 0.241 e. The molecule has 0 aromatic heterocycles. The van der Waals surface area contributed by atoms with Crippen molar-refractivity contribution in [3.63, 3.8) is 0 Å². The third-order valence-corrected chi connectivity index (χ3v) is 4.13. The Hall–Kier alpha value is -0.390. The first-order chi connectivity index (χ1) is 6.83. The van der Waals surface area contributed by atoms with Crippen LogP contribution in [0.1, 0.15) is 19.4 Å². The van der Waals surface area contributed by atoms with E-state index in [-0.39, 0.29) is 6.04 Å². The van der Waals surface area contributed by atoms with Gasteiger partial charge in [0.25, 0.3) is 0 Å². The Morgan fingerprint density at radius 3 is 2.40 bits per heavy atom. The number of aryl methyl sites for hydroxylation is 1.